The summed E-state index contributed by atoms with van der Waals surface area (Å²) in [6.45, 7) is 3.50. The minimum atomic E-state index is 0.133. The molecule has 0 radical (unpaired) electrons. The van der Waals surface area contributed by atoms with Gasteiger partial charge >= 0.3 is 0 Å². The number of aryl methyl sites for hydroxylation is 1. The van der Waals surface area contributed by atoms with E-state index in [0.29, 0.717) is 23.9 Å². The van der Waals surface area contributed by atoms with Gasteiger partial charge in [-0.25, -0.2) is 0 Å². The molecule has 0 atom stereocenters. The van der Waals surface area contributed by atoms with Crippen molar-refractivity contribution in [3.63, 3.8) is 0 Å². The zero-order valence-electron chi connectivity index (χ0n) is 13.5. The van der Waals surface area contributed by atoms with E-state index in [9.17, 15) is 4.79 Å². The van der Waals surface area contributed by atoms with Crippen molar-refractivity contribution < 1.29 is 18.8 Å². The summed E-state index contributed by atoms with van der Waals surface area (Å²) in [5.41, 5.74) is 0.943. The maximum absolute atomic E-state index is 12.5. The molecule has 2 aliphatic heterocycles. The lowest BCUT2D eigenvalue weighted by Crippen LogP contribution is -2.38. The molecule has 1 aromatic heterocycles. The van der Waals surface area contributed by atoms with Crippen molar-refractivity contribution in [2.45, 2.75) is 32.1 Å². The predicted molar refractivity (Wildman–Crippen MR) is 83.9 cm³/mol. The summed E-state index contributed by atoms with van der Waals surface area (Å²) in [6.07, 6.45) is 2.09. The minimum Gasteiger partial charge on any atom is -0.454 e. The fraction of sp³-hybridized carbons (Fsp3) is 0.471. The molecule has 3 heterocycles. The molecule has 7 heteroatoms. The normalized spacial score (nSPS) is 17.3. The summed E-state index contributed by atoms with van der Waals surface area (Å²) in [4.78, 5) is 18.7. The maximum Gasteiger partial charge on any atom is 0.231 e. The van der Waals surface area contributed by atoms with Gasteiger partial charge in [0.15, 0.2) is 17.3 Å². The van der Waals surface area contributed by atoms with Crippen LogP contribution in [0.3, 0.4) is 0 Å². The lowest BCUT2D eigenvalue weighted by Gasteiger charge is -2.30. The van der Waals surface area contributed by atoms with Crippen LogP contribution in [0.25, 0.3) is 0 Å². The smallest absolute Gasteiger partial charge is 0.231 e. The molecule has 0 aliphatic carbocycles. The fourth-order valence-corrected chi connectivity index (χ4v) is 3.19. The first-order chi connectivity index (χ1) is 11.7. The summed E-state index contributed by atoms with van der Waals surface area (Å²) in [7, 11) is 0. The van der Waals surface area contributed by atoms with Crippen molar-refractivity contribution in [3.8, 4) is 11.5 Å². The van der Waals surface area contributed by atoms with Gasteiger partial charge in [-0.05, 0) is 37.5 Å². The third-order valence-electron chi connectivity index (χ3n) is 4.53. The Balaban J connectivity index is 1.34. The summed E-state index contributed by atoms with van der Waals surface area (Å²) in [5, 5.41) is 3.84. The number of carbonyl (C=O) groups is 1. The highest BCUT2D eigenvalue weighted by Gasteiger charge is 2.27. The first-order valence-corrected chi connectivity index (χ1v) is 8.15. The van der Waals surface area contributed by atoms with Crippen LogP contribution in [0.15, 0.2) is 22.7 Å². The highest BCUT2D eigenvalue weighted by atomic mass is 16.7. The lowest BCUT2D eigenvalue weighted by molar-refractivity contribution is -0.131. The summed E-state index contributed by atoms with van der Waals surface area (Å²) in [6, 6.07) is 5.66. The van der Waals surface area contributed by atoms with E-state index in [1.807, 2.05) is 30.0 Å². The second-order valence-corrected chi connectivity index (χ2v) is 6.20. The summed E-state index contributed by atoms with van der Waals surface area (Å²) >= 11 is 0. The van der Waals surface area contributed by atoms with Gasteiger partial charge in [-0.1, -0.05) is 11.2 Å². The van der Waals surface area contributed by atoms with Crippen molar-refractivity contribution in [2.24, 2.45) is 0 Å². The molecule has 0 saturated carbocycles. The number of amides is 1. The molecule has 0 N–H and O–H groups in total. The highest BCUT2D eigenvalue weighted by molar-refractivity contribution is 5.79. The van der Waals surface area contributed by atoms with Crippen molar-refractivity contribution in [2.75, 3.05) is 19.9 Å². The Hall–Kier alpha value is -2.57. The van der Waals surface area contributed by atoms with Crippen LogP contribution in [0.4, 0.5) is 0 Å². The molecular weight excluding hydrogens is 310 g/mol. The second kappa shape index (κ2) is 6.14. The monoisotopic (exact) mass is 329 g/mol. The molecule has 1 aromatic carbocycles. The third kappa shape index (κ3) is 2.93. The number of fused-ring (bicyclic) bond motifs is 1. The topological polar surface area (TPSA) is 77.7 Å². The molecule has 0 bridgehead atoms. The van der Waals surface area contributed by atoms with Crippen molar-refractivity contribution in [3.05, 3.63) is 35.5 Å². The van der Waals surface area contributed by atoms with Crippen LogP contribution >= 0.6 is 0 Å². The van der Waals surface area contributed by atoms with Gasteiger partial charge in [0.1, 0.15) is 0 Å². The zero-order chi connectivity index (χ0) is 16.5. The van der Waals surface area contributed by atoms with E-state index in [1.54, 1.807) is 0 Å². The van der Waals surface area contributed by atoms with Gasteiger partial charge in [-0.2, -0.15) is 4.98 Å². The zero-order valence-corrected chi connectivity index (χ0v) is 13.5. The van der Waals surface area contributed by atoms with E-state index >= 15 is 0 Å². The van der Waals surface area contributed by atoms with Gasteiger partial charge in [0, 0.05) is 19.0 Å². The number of nitrogens with zero attached hydrogens (tertiary/aromatic N) is 3. The number of hydrogen-bond acceptors (Lipinski definition) is 6. The van der Waals surface area contributed by atoms with E-state index in [-0.39, 0.29) is 18.6 Å². The molecule has 126 valence electrons. The number of hydrogen-bond donors (Lipinski definition) is 0. The van der Waals surface area contributed by atoms with Gasteiger partial charge < -0.3 is 18.9 Å². The van der Waals surface area contributed by atoms with Crippen LogP contribution in [-0.2, 0) is 11.2 Å². The van der Waals surface area contributed by atoms with E-state index in [0.717, 1.165) is 37.2 Å². The van der Waals surface area contributed by atoms with Crippen LogP contribution in [0.1, 0.15) is 36.0 Å². The molecule has 2 aliphatic rings. The largest absolute Gasteiger partial charge is 0.454 e. The Morgan fingerprint density at radius 1 is 1.25 bits per heavy atom. The average molecular weight is 329 g/mol. The van der Waals surface area contributed by atoms with Crippen molar-refractivity contribution in [1.29, 1.82) is 0 Å². The highest BCUT2D eigenvalue weighted by Crippen LogP contribution is 2.33. The van der Waals surface area contributed by atoms with Gasteiger partial charge in [0.2, 0.25) is 18.6 Å². The number of aromatic nitrogens is 2. The molecule has 2 aromatic rings. The molecule has 4 rings (SSSR count). The van der Waals surface area contributed by atoms with Crippen molar-refractivity contribution >= 4 is 5.91 Å². The van der Waals surface area contributed by atoms with Crippen LogP contribution in [-0.4, -0.2) is 40.8 Å². The minimum absolute atomic E-state index is 0.133. The standard InChI is InChI=1S/C17H19N3O4/c1-11-18-17(24-19-11)13-4-6-20(7-5-13)16(21)9-12-2-3-14-15(8-12)23-10-22-14/h2-3,8,13H,4-7,9-10H2,1H3. The van der Waals surface area contributed by atoms with E-state index < -0.39 is 0 Å². The molecule has 7 nitrogen and oxygen atoms in total. The molecule has 1 fully saturated rings. The summed E-state index contributed by atoms with van der Waals surface area (Å²) < 4.78 is 15.9. The molecule has 0 unspecified atom stereocenters. The fourth-order valence-electron chi connectivity index (χ4n) is 3.19. The van der Waals surface area contributed by atoms with E-state index in [2.05, 4.69) is 10.1 Å². The summed E-state index contributed by atoms with van der Waals surface area (Å²) in [5.74, 6) is 3.18. The quantitative estimate of drug-likeness (QED) is 0.858. The first kappa shape index (κ1) is 15.0. The molecule has 24 heavy (non-hydrogen) atoms. The van der Waals surface area contributed by atoms with E-state index in [1.165, 1.54) is 0 Å². The Labute approximate surface area is 139 Å². The second-order valence-electron chi connectivity index (χ2n) is 6.20. The number of piperidine rings is 1. The van der Waals surface area contributed by atoms with Gasteiger partial charge in [0.05, 0.1) is 6.42 Å². The third-order valence-corrected chi connectivity index (χ3v) is 4.53. The number of likely N-dealkylation sites (tertiary alicyclic amines) is 1. The number of ether oxygens (including phenoxy) is 2. The Morgan fingerprint density at radius 3 is 2.79 bits per heavy atom. The molecule has 1 amide bonds. The molecule has 0 spiro atoms. The van der Waals surface area contributed by atoms with Gasteiger partial charge in [-0.15, -0.1) is 0 Å². The molecule has 1 saturated heterocycles. The number of rotatable bonds is 3. The lowest BCUT2D eigenvalue weighted by atomic mass is 9.96. The molecular formula is C17H19N3O4. The van der Waals surface area contributed by atoms with Crippen LogP contribution < -0.4 is 9.47 Å². The predicted octanol–water partition coefficient (Wildman–Crippen LogP) is 2.06. The Kier molecular flexibility index (Phi) is 3.84. The van der Waals surface area contributed by atoms with Crippen LogP contribution in [0.2, 0.25) is 0 Å². The van der Waals surface area contributed by atoms with Gasteiger partial charge in [0.25, 0.3) is 0 Å². The number of carbonyl (C=O) groups excluding carboxylic acids is 1. The van der Waals surface area contributed by atoms with Crippen LogP contribution in [0, 0.1) is 6.92 Å². The first-order valence-electron chi connectivity index (χ1n) is 8.15. The average Bonchev–Trinajstić information content (AvgIpc) is 3.23. The Bertz CT molecular complexity index is 750. The van der Waals surface area contributed by atoms with Gasteiger partial charge in [-0.3, -0.25) is 4.79 Å². The number of benzene rings is 1. The van der Waals surface area contributed by atoms with E-state index in [4.69, 9.17) is 14.0 Å². The van der Waals surface area contributed by atoms with Crippen molar-refractivity contribution in [1.82, 2.24) is 15.0 Å². The maximum atomic E-state index is 12.5. The van der Waals surface area contributed by atoms with Crippen LogP contribution in [0.5, 0.6) is 11.5 Å². The SMILES string of the molecule is Cc1noc(C2CCN(C(=O)Cc3ccc4c(c3)OCO4)CC2)n1. The Morgan fingerprint density at radius 2 is 2.04 bits per heavy atom.